The molecule has 1 rings (SSSR count). The SMILES string of the molecule is CC[CH](C)[Zr+2]([C]1=CC=CC1)[CH](C)CC.[Cl-].[Cl-]. The molecule has 0 fully saturated rings. The molecule has 93 valence electrons. The van der Waals surface area contributed by atoms with Crippen LogP contribution in [-0.2, 0) is 21.8 Å². The molecule has 0 N–H and O–H groups in total. The molecule has 3 heteroatoms. The van der Waals surface area contributed by atoms with Crippen LogP contribution in [0.15, 0.2) is 21.5 Å². The first-order valence-electron chi connectivity index (χ1n) is 5.93. The molecule has 0 nitrogen and oxygen atoms in total. The zero-order valence-corrected chi connectivity index (χ0v) is 14.7. The van der Waals surface area contributed by atoms with Crippen molar-refractivity contribution in [1.29, 1.82) is 0 Å². The second-order valence-corrected chi connectivity index (χ2v) is 13.1. The maximum absolute atomic E-state index is 2.49. The average Bonchev–Trinajstić information content (AvgIpc) is 2.70. The van der Waals surface area contributed by atoms with E-state index in [2.05, 4.69) is 45.9 Å². The van der Waals surface area contributed by atoms with Gasteiger partial charge in [0.2, 0.25) is 0 Å². The van der Waals surface area contributed by atoms with Gasteiger partial charge in [-0.15, -0.1) is 0 Å². The topological polar surface area (TPSA) is 0 Å². The number of halogens is 2. The van der Waals surface area contributed by atoms with Crippen LogP contribution in [0, 0.1) is 0 Å². The fourth-order valence-corrected chi connectivity index (χ4v) is 11.5. The standard InChI is InChI=1S/C5H5.2C4H9.2ClH.Zr/c1-2-4-5-3-1;2*1-3-4-2;;;/h1-3H,4H2;2*3H,4H2,1-2H3;2*1H;/q;;;;;+2/p-2. The molecule has 0 aromatic rings. The third kappa shape index (κ3) is 5.07. The van der Waals surface area contributed by atoms with Gasteiger partial charge in [-0.3, -0.25) is 0 Å². The van der Waals surface area contributed by atoms with E-state index in [-0.39, 0.29) is 24.8 Å². The third-order valence-corrected chi connectivity index (χ3v) is 13.4. The van der Waals surface area contributed by atoms with Crippen molar-refractivity contribution in [3.05, 3.63) is 21.5 Å². The Hall–Kier alpha value is 0.943. The molecule has 0 radical (unpaired) electrons. The summed E-state index contributed by atoms with van der Waals surface area (Å²) in [7, 11) is 0. The Labute approximate surface area is 121 Å². The van der Waals surface area contributed by atoms with Crippen molar-refractivity contribution in [3.63, 3.8) is 0 Å². The molecule has 0 spiro atoms. The van der Waals surface area contributed by atoms with Crippen molar-refractivity contribution < 1.29 is 46.6 Å². The van der Waals surface area contributed by atoms with Gasteiger partial charge in [0.25, 0.3) is 0 Å². The van der Waals surface area contributed by atoms with E-state index in [1.54, 1.807) is 0 Å². The van der Waals surface area contributed by atoms with Crippen molar-refractivity contribution in [2.45, 2.75) is 54.2 Å². The Morgan fingerprint density at radius 2 is 1.62 bits per heavy atom. The molecule has 2 atom stereocenters. The van der Waals surface area contributed by atoms with Gasteiger partial charge >= 0.3 is 97.5 Å². The second-order valence-electron chi connectivity index (χ2n) is 4.40. The van der Waals surface area contributed by atoms with Gasteiger partial charge in [0.1, 0.15) is 0 Å². The molecule has 0 aromatic heterocycles. The number of rotatable bonds is 5. The Balaban J connectivity index is 0. The van der Waals surface area contributed by atoms with Crippen LogP contribution >= 0.6 is 0 Å². The molecule has 16 heavy (non-hydrogen) atoms. The number of allylic oxidation sites excluding steroid dienone is 4. The fraction of sp³-hybridized carbons (Fsp3) is 0.692. The van der Waals surface area contributed by atoms with E-state index >= 15 is 0 Å². The molecule has 0 saturated heterocycles. The van der Waals surface area contributed by atoms with Gasteiger partial charge in [0.05, 0.1) is 0 Å². The Morgan fingerprint density at radius 3 is 1.94 bits per heavy atom. The van der Waals surface area contributed by atoms with E-state index in [1.165, 1.54) is 19.3 Å². The molecule has 1 aliphatic carbocycles. The normalized spacial score (nSPS) is 16.9. The number of hydrogen-bond acceptors (Lipinski definition) is 0. The molecule has 0 aliphatic heterocycles. The zero-order valence-electron chi connectivity index (χ0n) is 10.8. The van der Waals surface area contributed by atoms with E-state index in [0.29, 0.717) is 0 Å². The van der Waals surface area contributed by atoms with E-state index in [9.17, 15) is 0 Å². The third-order valence-electron chi connectivity index (χ3n) is 3.43. The van der Waals surface area contributed by atoms with Crippen molar-refractivity contribution in [2.75, 3.05) is 0 Å². The average molecular weight is 341 g/mol. The summed E-state index contributed by atoms with van der Waals surface area (Å²) < 4.78 is 3.91. The quantitative estimate of drug-likeness (QED) is 0.595. The summed E-state index contributed by atoms with van der Waals surface area (Å²) in [5, 5.41) is 0. The first-order valence-corrected chi connectivity index (χ1v) is 10.00. The minimum atomic E-state index is -1.29. The monoisotopic (exact) mass is 339 g/mol. The molecule has 0 amide bonds. The van der Waals surface area contributed by atoms with Crippen LogP contribution in [0.1, 0.15) is 47.0 Å². The van der Waals surface area contributed by atoms with Crippen LogP contribution in [0.2, 0.25) is 7.25 Å². The van der Waals surface area contributed by atoms with Crippen LogP contribution in [-0.4, -0.2) is 0 Å². The van der Waals surface area contributed by atoms with E-state index in [1.807, 2.05) is 3.28 Å². The van der Waals surface area contributed by atoms with Gasteiger partial charge < -0.3 is 24.8 Å². The van der Waals surface area contributed by atoms with Crippen LogP contribution in [0.25, 0.3) is 0 Å². The van der Waals surface area contributed by atoms with Crippen LogP contribution in [0.5, 0.6) is 0 Å². The smallest absolute Gasteiger partial charge is 1.00 e. The van der Waals surface area contributed by atoms with Gasteiger partial charge in [-0.2, -0.15) is 0 Å². The predicted molar refractivity (Wildman–Crippen MR) is 61.3 cm³/mol. The molecule has 0 saturated carbocycles. The first-order chi connectivity index (χ1) is 6.70. The van der Waals surface area contributed by atoms with Crippen molar-refractivity contribution in [3.8, 4) is 0 Å². The van der Waals surface area contributed by atoms with Crippen LogP contribution in [0.4, 0.5) is 0 Å². The summed E-state index contributed by atoms with van der Waals surface area (Å²) in [5.41, 5.74) is 0. The van der Waals surface area contributed by atoms with Gasteiger partial charge in [0, 0.05) is 0 Å². The summed E-state index contributed by atoms with van der Waals surface area (Å²) in [4.78, 5) is 0. The molecule has 2 unspecified atom stereocenters. The summed E-state index contributed by atoms with van der Waals surface area (Å²) >= 11 is -1.29. The largest absolute Gasteiger partial charge is 1.00 e. The van der Waals surface area contributed by atoms with E-state index in [0.717, 1.165) is 7.25 Å². The molecule has 1 aliphatic rings. The summed E-state index contributed by atoms with van der Waals surface area (Å²) in [6.45, 7) is 9.69. The molecular weight excluding hydrogens is 318 g/mol. The summed E-state index contributed by atoms with van der Waals surface area (Å²) in [5.74, 6) is 0. The minimum absolute atomic E-state index is 0. The molecule has 0 heterocycles. The van der Waals surface area contributed by atoms with Gasteiger partial charge in [-0.05, 0) is 0 Å². The van der Waals surface area contributed by atoms with Gasteiger partial charge in [-0.1, -0.05) is 0 Å². The maximum atomic E-state index is 2.49. The Kier molecular flexibility index (Phi) is 12.0. The molecule has 0 bridgehead atoms. The fourth-order valence-electron chi connectivity index (χ4n) is 2.22. The van der Waals surface area contributed by atoms with Gasteiger partial charge in [-0.25, -0.2) is 0 Å². The second kappa shape index (κ2) is 9.92. The minimum Gasteiger partial charge on any atom is -1.00 e. The molecule has 0 aromatic carbocycles. The zero-order chi connectivity index (χ0) is 10.6. The summed E-state index contributed by atoms with van der Waals surface area (Å²) in [6.07, 6.45) is 11.1. The van der Waals surface area contributed by atoms with E-state index in [4.69, 9.17) is 0 Å². The van der Waals surface area contributed by atoms with Crippen LogP contribution < -0.4 is 24.8 Å². The Morgan fingerprint density at radius 1 is 1.12 bits per heavy atom. The maximum Gasteiger partial charge on any atom is -1.00 e. The number of hydrogen-bond donors (Lipinski definition) is 0. The molecular formula is C13H23Cl2Zr. The van der Waals surface area contributed by atoms with Gasteiger partial charge in [0.15, 0.2) is 0 Å². The predicted octanol–water partition coefficient (Wildman–Crippen LogP) is -1.11. The first kappa shape index (κ1) is 19.3. The van der Waals surface area contributed by atoms with Crippen molar-refractivity contribution in [1.82, 2.24) is 0 Å². The van der Waals surface area contributed by atoms with E-state index < -0.39 is 21.8 Å². The van der Waals surface area contributed by atoms with Crippen molar-refractivity contribution >= 4 is 0 Å². The van der Waals surface area contributed by atoms with Crippen molar-refractivity contribution in [2.24, 2.45) is 0 Å². The summed E-state index contributed by atoms with van der Waals surface area (Å²) in [6, 6.07) is 0. The van der Waals surface area contributed by atoms with Crippen LogP contribution in [0.3, 0.4) is 0 Å². The Bertz CT molecular complexity index is 226.